The van der Waals surface area contributed by atoms with E-state index in [0.717, 1.165) is 25.1 Å². The Morgan fingerprint density at radius 1 is 1.50 bits per heavy atom. The third-order valence-corrected chi connectivity index (χ3v) is 3.31. The highest BCUT2D eigenvalue weighted by molar-refractivity contribution is 9.10. The van der Waals surface area contributed by atoms with Gasteiger partial charge in [-0.05, 0) is 65.5 Å². The van der Waals surface area contributed by atoms with Crippen LogP contribution >= 0.6 is 15.9 Å². The molecule has 76 valence electrons. The van der Waals surface area contributed by atoms with Crippen molar-refractivity contribution >= 4 is 15.9 Å². The third kappa shape index (κ3) is 2.34. The van der Waals surface area contributed by atoms with Gasteiger partial charge in [-0.3, -0.25) is 0 Å². The number of halogens is 2. The lowest BCUT2D eigenvalue weighted by molar-refractivity contribution is 0.572. The standard InChI is InChI=1S/C11H13BrFN/c12-10-2-1-8(6-11(10)13)5-9-3-4-14-7-9/h1-2,6,9,14H,3-5,7H2. The van der Waals surface area contributed by atoms with E-state index in [1.165, 1.54) is 6.42 Å². The molecule has 0 radical (unpaired) electrons. The van der Waals surface area contributed by atoms with Crippen molar-refractivity contribution in [1.82, 2.24) is 5.32 Å². The molecule has 1 aliphatic rings. The van der Waals surface area contributed by atoms with Gasteiger partial charge in [-0.15, -0.1) is 0 Å². The van der Waals surface area contributed by atoms with Crippen molar-refractivity contribution in [2.24, 2.45) is 5.92 Å². The normalized spacial score (nSPS) is 21.4. The maximum Gasteiger partial charge on any atom is 0.137 e. The van der Waals surface area contributed by atoms with Crippen LogP contribution in [0.5, 0.6) is 0 Å². The first-order chi connectivity index (χ1) is 6.75. The molecule has 1 aromatic rings. The topological polar surface area (TPSA) is 12.0 Å². The van der Waals surface area contributed by atoms with Crippen LogP contribution in [0.2, 0.25) is 0 Å². The van der Waals surface area contributed by atoms with Crippen molar-refractivity contribution < 1.29 is 4.39 Å². The zero-order valence-corrected chi connectivity index (χ0v) is 9.48. The number of hydrogen-bond acceptors (Lipinski definition) is 1. The van der Waals surface area contributed by atoms with Crippen LogP contribution in [-0.4, -0.2) is 13.1 Å². The van der Waals surface area contributed by atoms with Crippen molar-refractivity contribution in [3.05, 3.63) is 34.1 Å². The van der Waals surface area contributed by atoms with Crippen LogP contribution in [0.15, 0.2) is 22.7 Å². The van der Waals surface area contributed by atoms with Gasteiger partial charge in [-0.1, -0.05) is 6.07 Å². The number of hydrogen-bond donors (Lipinski definition) is 1. The summed E-state index contributed by atoms with van der Waals surface area (Å²) in [6.07, 6.45) is 2.19. The lowest BCUT2D eigenvalue weighted by atomic mass is 9.99. The predicted octanol–water partition coefficient (Wildman–Crippen LogP) is 2.74. The maximum absolute atomic E-state index is 13.2. The molecule has 0 saturated carbocycles. The van der Waals surface area contributed by atoms with E-state index in [-0.39, 0.29) is 5.82 Å². The fourth-order valence-corrected chi connectivity index (χ4v) is 2.14. The molecule has 1 heterocycles. The second-order valence-corrected chi connectivity index (χ2v) is 4.67. The van der Waals surface area contributed by atoms with Crippen LogP contribution in [0.1, 0.15) is 12.0 Å². The van der Waals surface area contributed by atoms with Gasteiger partial charge >= 0.3 is 0 Å². The van der Waals surface area contributed by atoms with Crippen molar-refractivity contribution in [2.75, 3.05) is 13.1 Å². The molecule has 0 amide bonds. The monoisotopic (exact) mass is 257 g/mol. The third-order valence-electron chi connectivity index (χ3n) is 2.67. The maximum atomic E-state index is 13.2. The van der Waals surface area contributed by atoms with Crippen molar-refractivity contribution in [1.29, 1.82) is 0 Å². The van der Waals surface area contributed by atoms with Crippen molar-refractivity contribution in [3.8, 4) is 0 Å². The molecule has 0 spiro atoms. The van der Waals surface area contributed by atoms with E-state index in [1.54, 1.807) is 12.1 Å². The molecule has 14 heavy (non-hydrogen) atoms. The second-order valence-electron chi connectivity index (χ2n) is 3.81. The Bertz CT molecular complexity index is 321. The lowest BCUT2D eigenvalue weighted by Gasteiger charge is -2.08. The molecular formula is C11H13BrFN. The van der Waals surface area contributed by atoms with Crippen LogP contribution in [0.25, 0.3) is 0 Å². The summed E-state index contributed by atoms with van der Waals surface area (Å²) in [4.78, 5) is 0. The zero-order valence-electron chi connectivity index (χ0n) is 7.89. The van der Waals surface area contributed by atoms with Gasteiger partial charge in [-0.2, -0.15) is 0 Å². The first kappa shape index (κ1) is 10.1. The number of nitrogens with one attached hydrogen (secondary N) is 1. The second kappa shape index (κ2) is 4.41. The van der Waals surface area contributed by atoms with Crippen molar-refractivity contribution in [2.45, 2.75) is 12.8 Å². The van der Waals surface area contributed by atoms with E-state index in [2.05, 4.69) is 21.2 Å². The van der Waals surface area contributed by atoms with E-state index in [4.69, 9.17) is 0 Å². The Kier molecular flexibility index (Phi) is 3.19. The number of benzene rings is 1. The van der Waals surface area contributed by atoms with Gasteiger partial charge in [0.15, 0.2) is 0 Å². The Morgan fingerprint density at radius 2 is 2.36 bits per heavy atom. The largest absolute Gasteiger partial charge is 0.316 e. The van der Waals surface area contributed by atoms with Crippen LogP contribution in [0.4, 0.5) is 4.39 Å². The van der Waals surface area contributed by atoms with Gasteiger partial charge in [0.05, 0.1) is 4.47 Å². The summed E-state index contributed by atoms with van der Waals surface area (Å²) in [6.45, 7) is 2.17. The zero-order chi connectivity index (χ0) is 9.97. The molecule has 0 aliphatic carbocycles. The molecular weight excluding hydrogens is 245 g/mol. The van der Waals surface area contributed by atoms with E-state index in [1.807, 2.05) is 6.07 Å². The SMILES string of the molecule is Fc1cc(CC2CCNC2)ccc1Br. The Hall–Kier alpha value is -0.410. The molecule has 1 saturated heterocycles. The van der Waals surface area contributed by atoms with Gasteiger partial charge < -0.3 is 5.32 Å². The van der Waals surface area contributed by atoms with Gasteiger partial charge in [-0.25, -0.2) is 4.39 Å². The minimum Gasteiger partial charge on any atom is -0.316 e. The highest BCUT2D eigenvalue weighted by Gasteiger charge is 2.15. The minimum atomic E-state index is -0.159. The average molecular weight is 258 g/mol. The predicted molar refractivity (Wildman–Crippen MR) is 58.8 cm³/mol. The molecule has 2 rings (SSSR count). The van der Waals surface area contributed by atoms with E-state index in [0.29, 0.717) is 10.4 Å². The molecule has 1 nitrogen and oxygen atoms in total. The minimum absolute atomic E-state index is 0.159. The highest BCUT2D eigenvalue weighted by Crippen LogP contribution is 2.20. The van der Waals surface area contributed by atoms with Crippen LogP contribution in [0, 0.1) is 11.7 Å². The Labute approximate surface area is 91.8 Å². The van der Waals surface area contributed by atoms with E-state index >= 15 is 0 Å². The first-order valence-electron chi connectivity index (χ1n) is 4.90. The average Bonchev–Trinajstić information content (AvgIpc) is 2.64. The summed E-state index contributed by atoms with van der Waals surface area (Å²) in [5.41, 5.74) is 1.10. The van der Waals surface area contributed by atoms with Gasteiger partial charge in [0.25, 0.3) is 0 Å². The first-order valence-corrected chi connectivity index (χ1v) is 5.69. The summed E-state index contributed by atoms with van der Waals surface area (Å²) in [7, 11) is 0. The van der Waals surface area contributed by atoms with Gasteiger partial charge in [0.2, 0.25) is 0 Å². The van der Waals surface area contributed by atoms with Gasteiger partial charge in [0.1, 0.15) is 5.82 Å². The molecule has 0 aromatic heterocycles. The van der Waals surface area contributed by atoms with Crippen molar-refractivity contribution in [3.63, 3.8) is 0 Å². The fourth-order valence-electron chi connectivity index (χ4n) is 1.89. The van der Waals surface area contributed by atoms with E-state index < -0.39 is 0 Å². The molecule has 3 heteroatoms. The molecule has 1 N–H and O–H groups in total. The Balaban J connectivity index is 2.05. The molecule has 1 unspecified atom stereocenters. The quantitative estimate of drug-likeness (QED) is 0.860. The smallest absolute Gasteiger partial charge is 0.137 e. The summed E-state index contributed by atoms with van der Waals surface area (Å²) in [5.74, 6) is 0.518. The fraction of sp³-hybridized carbons (Fsp3) is 0.455. The molecule has 1 aromatic carbocycles. The summed E-state index contributed by atoms with van der Waals surface area (Å²) >= 11 is 3.15. The molecule has 0 bridgehead atoms. The number of rotatable bonds is 2. The Morgan fingerprint density at radius 3 is 3.00 bits per heavy atom. The van der Waals surface area contributed by atoms with Gasteiger partial charge in [0, 0.05) is 0 Å². The summed E-state index contributed by atoms with van der Waals surface area (Å²) in [5, 5.41) is 3.32. The molecule has 1 fully saturated rings. The highest BCUT2D eigenvalue weighted by atomic mass is 79.9. The lowest BCUT2D eigenvalue weighted by Crippen LogP contribution is -2.10. The van der Waals surface area contributed by atoms with E-state index in [9.17, 15) is 4.39 Å². The summed E-state index contributed by atoms with van der Waals surface area (Å²) in [6, 6.07) is 5.40. The van der Waals surface area contributed by atoms with Crippen LogP contribution < -0.4 is 5.32 Å². The summed E-state index contributed by atoms with van der Waals surface area (Å²) < 4.78 is 13.7. The van der Waals surface area contributed by atoms with Crippen LogP contribution in [0.3, 0.4) is 0 Å². The molecule has 1 aliphatic heterocycles. The molecule has 1 atom stereocenters. The van der Waals surface area contributed by atoms with Crippen LogP contribution in [-0.2, 0) is 6.42 Å².